The highest BCUT2D eigenvalue weighted by Gasteiger charge is 2.17. The fraction of sp³-hybridized carbons (Fsp3) is 0.227. The van der Waals surface area contributed by atoms with Crippen molar-refractivity contribution in [2.45, 2.75) is 13.0 Å². The molecule has 0 atom stereocenters. The zero-order valence-corrected chi connectivity index (χ0v) is 16.4. The van der Waals surface area contributed by atoms with E-state index >= 15 is 0 Å². The van der Waals surface area contributed by atoms with Gasteiger partial charge in [0.2, 0.25) is 0 Å². The summed E-state index contributed by atoms with van der Waals surface area (Å²) in [5.74, 6) is 2.51. The van der Waals surface area contributed by atoms with Gasteiger partial charge in [0.05, 0.1) is 5.02 Å². The summed E-state index contributed by atoms with van der Waals surface area (Å²) < 4.78 is 22.3. The van der Waals surface area contributed by atoms with Crippen molar-refractivity contribution in [2.24, 2.45) is 0 Å². The Kier molecular flexibility index (Phi) is 5.91. The number of carbonyl (C=O) groups is 1. The number of para-hydroxylation sites is 1. The zero-order valence-electron chi connectivity index (χ0n) is 15.7. The van der Waals surface area contributed by atoms with Gasteiger partial charge < -0.3 is 23.9 Å². The average molecular weight is 414 g/mol. The molecule has 4 rings (SSSR count). The van der Waals surface area contributed by atoms with Crippen LogP contribution in [0, 0.1) is 0 Å². The van der Waals surface area contributed by atoms with Crippen LogP contribution in [0.15, 0.2) is 59.0 Å². The SMILES string of the molecule is O=C(NCCc1cc(Cl)c2c(c1)OCCO2)c1ccc(COc2ccccc2)o1. The summed E-state index contributed by atoms with van der Waals surface area (Å²) >= 11 is 6.24. The lowest BCUT2D eigenvalue weighted by Crippen LogP contribution is -2.25. The topological polar surface area (TPSA) is 69.9 Å². The van der Waals surface area contributed by atoms with Crippen LogP contribution < -0.4 is 19.5 Å². The van der Waals surface area contributed by atoms with E-state index in [-0.39, 0.29) is 18.3 Å². The lowest BCUT2D eigenvalue weighted by atomic mass is 10.1. The summed E-state index contributed by atoms with van der Waals surface area (Å²) in [5, 5.41) is 3.36. The minimum Gasteiger partial charge on any atom is -0.486 e. The number of ether oxygens (including phenoxy) is 3. The van der Waals surface area contributed by atoms with Crippen LogP contribution >= 0.6 is 11.6 Å². The molecular formula is C22H20ClNO5. The van der Waals surface area contributed by atoms with Crippen LogP contribution in [0.2, 0.25) is 5.02 Å². The fourth-order valence-corrected chi connectivity index (χ4v) is 3.25. The van der Waals surface area contributed by atoms with Crippen LogP contribution in [0.1, 0.15) is 21.9 Å². The third-order valence-electron chi connectivity index (χ3n) is 4.37. The molecule has 0 spiro atoms. The van der Waals surface area contributed by atoms with E-state index in [1.54, 1.807) is 12.1 Å². The van der Waals surface area contributed by atoms with E-state index in [2.05, 4.69) is 5.32 Å². The van der Waals surface area contributed by atoms with E-state index in [1.165, 1.54) is 0 Å². The molecule has 0 bridgehead atoms. The fourth-order valence-electron chi connectivity index (χ4n) is 2.96. The van der Waals surface area contributed by atoms with Crippen molar-refractivity contribution < 1.29 is 23.4 Å². The number of carbonyl (C=O) groups excluding carboxylic acids is 1. The van der Waals surface area contributed by atoms with E-state index in [4.69, 9.17) is 30.2 Å². The molecule has 1 aliphatic heterocycles. The number of hydrogen-bond donors (Lipinski definition) is 1. The first-order chi connectivity index (χ1) is 14.2. The van der Waals surface area contributed by atoms with Crippen LogP contribution in [0.4, 0.5) is 0 Å². The number of rotatable bonds is 7. The number of nitrogens with one attached hydrogen (secondary N) is 1. The molecule has 1 aliphatic rings. The van der Waals surface area contributed by atoms with E-state index in [9.17, 15) is 4.79 Å². The van der Waals surface area contributed by atoms with Crippen LogP contribution in [0.25, 0.3) is 0 Å². The molecular weight excluding hydrogens is 394 g/mol. The molecule has 0 saturated carbocycles. The summed E-state index contributed by atoms with van der Waals surface area (Å²) in [7, 11) is 0. The van der Waals surface area contributed by atoms with E-state index in [0.29, 0.717) is 48.5 Å². The maximum absolute atomic E-state index is 12.3. The second-order valence-corrected chi connectivity index (χ2v) is 6.88. The predicted octanol–water partition coefficient (Wildman–Crippen LogP) is 4.26. The minimum atomic E-state index is -0.278. The molecule has 2 heterocycles. The van der Waals surface area contributed by atoms with Gasteiger partial charge in [0.1, 0.15) is 31.3 Å². The first kappa shape index (κ1) is 19.2. The molecule has 150 valence electrons. The van der Waals surface area contributed by atoms with Gasteiger partial charge in [-0.15, -0.1) is 0 Å². The molecule has 29 heavy (non-hydrogen) atoms. The lowest BCUT2D eigenvalue weighted by molar-refractivity contribution is 0.0922. The third kappa shape index (κ3) is 4.84. The van der Waals surface area contributed by atoms with E-state index in [1.807, 2.05) is 42.5 Å². The molecule has 3 aromatic rings. The monoisotopic (exact) mass is 413 g/mol. The first-order valence-corrected chi connectivity index (χ1v) is 9.69. The van der Waals surface area contributed by atoms with Crippen molar-refractivity contribution >= 4 is 17.5 Å². The van der Waals surface area contributed by atoms with Crippen LogP contribution in [0.5, 0.6) is 17.2 Å². The summed E-state index contributed by atoms with van der Waals surface area (Å²) in [4.78, 5) is 12.3. The standard InChI is InChI=1S/C22H20ClNO5/c23-18-12-15(13-20-21(18)27-11-10-26-20)8-9-24-22(25)19-7-6-17(29-19)14-28-16-4-2-1-3-5-16/h1-7,12-13H,8-11,14H2,(H,24,25). The number of fused-ring (bicyclic) bond motifs is 1. The van der Waals surface area contributed by atoms with Gasteiger partial charge in [-0.2, -0.15) is 0 Å². The van der Waals surface area contributed by atoms with Crippen molar-refractivity contribution in [2.75, 3.05) is 19.8 Å². The highest BCUT2D eigenvalue weighted by molar-refractivity contribution is 6.32. The van der Waals surface area contributed by atoms with Gasteiger partial charge in [0.15, 0.2) is 17.3 Å². The molecule has 2 aromatic carbocycles. The van der Waals surface area contributed by atoms with Gasteiger partial charge >= 0.3 is 0 Å². The minimum absolute atomic E-state index is 0.247. The Balaban J connectivity index is 1.28. The Hall–Kier alpha value is -3.12. The Labute approximate surface area is 173 Å². The Morgan fingerprint density at radius 3 is 2.76 bits per heavy atom. The Bertz CT molecular complexity index is 986. The second-order valence-electron chi connectivity index (χ2n) is 6.48. The lowest BCUT2D eigenvalue weighted by Gasteiger charge is -2.20. The number of hydrogen-bond acceptors (Lipinski definition) is 5. The molecule has 0 radical (unpaired) electrons. The van der Waals surface area contributed by atoms with Crippen molar-refractivity contribution in [3.63, 3.8) is 0 Å². The van der Waals surface area contributed by atoms with Crippen molar-refractivity contribution in [1.82, 2.24) is 5.32 Å². The Morgan fingerprint density at radius 2 is 1.90 bits per heavy atom. The highest BCUT2D eigenvalue weighted by Crippen LogP contribution is 2.38. The number of halogens is 1. The number of furan rings is 1. The largest absolute Gasteiger partial charge is 0.486 e. The summed E-state index contributed by atoms with van der Waals surface area (Å²) in [5.41, 5.74) is 0.955. The number of amides is 1. The molecule has 1 aromatic heterocycles. The molecule has 0 unspecified atom stereocenters. The molecule has 0 aliphatic carbocycles. The third-order valence-corrected chi connectivity index (χ3v) is 4.65. The smallest absolute Gasteiger partial charge is 0.287 e. The van der Waals surface area contributed by atoms with Gasteiger partial charge in [-0.05, 0) is 48.4 Å². The quantitative estimate of drug-likeness (QED) is 0.626. The predicted molar refractivity (Wildman–Crippen MR) is 108 cm³/mol. The normalized spacial score (nSPS) is 12.4. The number of benzene rings is 2. The molecule has 0 saturated heterocycles. The van der Waals surface area contributed by atoms with Gasteiger partial charge in [-0.1, -0.05) is 29.8 Å². The summed E-state index contributed by atoms with van der Waals surface area (Å²) in [6, 6.07) is 16.5. The maximum Gasteiger partial charge on any atom is 0.287 e. The average Bonchev–Trinajstić information content (AvgIpc) is 3.22. The van der Waals surface area contributed by atoms with Crippen LogP contribution in [0.3, 0.4) is 0 Å². The van der Waals surface area contributed by atoms with Gasteiger partial charge in [0, 0.05) is 6.54 Å². The summed E-state index contributed by atoms with van der Waals surface area (Å²) in [6.07, 6.45) is 0.604. The molecule has 0 fully saturated rings. The second kappa shape index (κ2) is 8.92. The Morgan fingerprint density at radius 1 is 1.07 bits per heavy atom. The van der Waals surface area contributed by atoms with E-state index < -0.39 is 0 Å². The maximum atomic E-state index is 12.3. The first-order valence-electron chi connectivity index (χ1n) is 9.32. The molecule has 6 nitrogen and oxygen atoms in total. The molecule has 1 N–H and O–H groups in total. The van der Waals surface area contributed by atoms with Gasteiger partial charge in [0.25, 0.3) is 5.91 Å². The van der Waals surface area contributed by atoms with Crippen molar-refractivity contribution in [1.29, 1.82) is 0 Å². The zero-order chi connectivity index (χ0) is 20.1. The van der Waals surface area contributed by atoms with Gasteiger partial charge in [-0.25, -0.2) is 0 Å². The van der Waals surface area contributed by atoms with E-state index in [0.717, 1.165) is 11.3 Å². The highest BCUT2D eigenvalue weighted by atomic mass is 35.5. The van der Waals surface area contributed by atoms with Crippen molar-refractivity contribution in [3.05, 3.63) is 76.7 Å². The van der Waals surface area contributed by atoms with Crippen LogP contribution in [-0.4, -0.2) is 25.7 Å². The molecule has 7 heteroatoms. The molecule has 1 amide bonds. The van der Waals surface area contributed by atoms with Gasteiger partial charge in [-0.3, -0.25) is 4.79 Å². The summed E-state index contributed by atoms with van der Waals surface area (Å²) in [6.45, 7) is 1.68. The van der Waals surface area contributed by atoms with Crippen molar-refractivity contribution in [3.8, 4) is 17.2 Å². The van der Waals surface area contributed by atoms with Crippen LogP contribution in [-0.2, 0) is 13.0 Å².